The van der Waals surface area contributed by atoms with Crippen LogP contribution in [0, 0.1) is 0 Å². The number of nitrogens with zero attached hydrogens (tertiary/aromatic N) is 2. The Hall–Kier alpha value is -1.92. The van der Waals surface area contributed by atoms with Crippen molar-refractivity contribution in [2.45, 2.75) is 26.3 Å². The SMILES string of the molecule is Br.CCCCn1c2ccccc2c2cc(C(=O)NCCN)ncc21. The first-order chi connectivity index (χ1) is 11.3. The molecule has 128 valence electrons. The Morgan fingerprint density at radius 2 is 2.04 bits per heavy atom. The average molecular weight is 391 g/mol. The highest BCUT2D eigenvalue weighted by Crippen LogP contribution is 2.29. The van der Waals surface area contributed by atoms with Crippen LogP contribution in [0.4, 0.5) is 0 Å². The Morgan fingerprint density at radius 3 is 2.79 bits per heavy atom. The Balaban J connectivity index is 0.00000208. The van der Waals surface area contributed by atoms with Crippen molar-refractivity contribution in [1.82, 2.24) is 14.9 Å². The molecule has 3 N–H and O–H groups in total. The molecule has 0 aliphatic rings. The Morgan fingerprint density at radius 1 is 1.25 bits per heavy atom. The predicted octanol–water partition coefficient (Wildman–Crippen LogP) is 3.26. The Kier molecular flexibility index (Phi) is 6.34. The molecule has 2 aromatic heterocycles. The van der Waals surface area contributed by atoms with Crippen LogP contribution in [0.15, 0.2) is 36.5 Å². The highest BCUT2D eigenvalue weighted by Gasteiger charge is 2.14. The number of para-hydroxylation sites is 1. The van der Waals surface area contributed by atoms with Crippen LogP contribution in [0.25, 0.3) is 21.8 Å². The number of unbranched alkanes of at least 4 members (excludes halogenated alkanes) is 1. The van der Waals surface area contributed by atoms with Gasteiger partial charge in [-0.15, -0.1) is 17.0 Å². The first-order valence-corrected chi connectivity index (χ1v) is 8.11. The zero-order valence-corrected chi connectivity index (χ0v) is 15.5. The number of aromatic nitrogens is 2. The van der Waals surface area contributed by atoms with E-state index in [9.17, 15) is 4.79 Å². The van der Waals surface area contributed by atoms with Crippen molar-refractivity contribution >= 4 is 44.7 Å². The summed E-state index contributed by atoms with van der Waals surface area (Å²) in [6.45, 7) is 4.02. The second-order valence-electron chi connectivity index (χ2n) is 5.65. The van der Waals surface area contributed by atoms with Crippen molar-refractivity contribution in [3.63, 3.8) is 0 Å². The lowest BCUT2D eigenvalue weighted by Gasteiger charge is -2.06. The standard InChI is InChI=1S/C18H22N4O.BrH/c1-2-3-10-22-16-7-5-4-6-13(16)14-11-15(21-12-17(14)22)18(23)20-9-8-19;/h4-7,11-12H,2-3,8-10,19H2,1H3,(H,20,23);1H. The van der Waals surface area contributed by atoms with Crippen LogP contribution in [-0.4, -0.2) is 28.5 Å². The van der Waals surface area contributed by atoms with Crippen LogP contribution in [0.5, 0.6) is 0 Å². The fourth-order valence-corrected chi connectivity index (χ4v) is 2.90. The molecule has 0 bridgehead atoms. The molecule has 0 aliphatic heterocycles. The molecule has 0 atom stereocenters. The van der Waals surface area contributed by atoms with Crippen molar-refractivity contribution in [1.29, 1.82) is 0 Å². The monoisotopic (exact) mass is 390 g/mol. The van der Waals surface area contributed by atoms with Gasteiger partial charge in [-0.25, -0.2) is 4.98 Å². The zero-order chi connectivity index (χ0) is 16.2. The Bertz CT molecular complexity index is 844. The summed E-state index contributed by atoms with van der Waals surface area (Å²) in [4.78, 5) is 16.5. The fraction of sp³-hybridized carbons (Fsp3) is 0.333. The largest absolute Gasteiger partial charge is 0.349 e. The number of hydrogen-bond donors (Lipinski definition) is 2. The number of fused-ring (bicyclic) bond motifs is 3. The summed E-state index contributed by atoms with van der Waals surface area (Å²) in [5.41, 5.74) is 8.14. The number of aryl methyl sites for hydroxylation is 1. The fourth-order valence-electron chi connectivity index (χ4n) is 2.90. The van der Waals surface area contributed by atoms with E-state index in [0.717, 1.165) is 35.7 Å². The molecule has 0 unspecified atom stereocenters. The Labute approximate surface area is 152 Å². The van der Waals surface area contributed by atoms with Gasteiger partial charge in [0.15, 0.2) is 0 Å². The van der Waals surface area contributed by atoms with Crippen LogP contribution in [0.3, 0.4) is 0 Å². The van der Waals surface area contributed by atoms with E-state index in [1.165, 1.54) is 5.52 Å². The maximum Gasteiger partial charge on any atom is 0.269 e. The molecule has 1 aromatic carbocycles. The number of halogens is 1. The molecular formula is C18H23BrN4O. The minimum atomic E-state index is -0.178. The van der Waals surface area contributed by atoms with E-state index in [-0.39, 0.29) is 22.9 Å². The molecular weight excluding hydrogens is 368 g/mol. The highest BCUT2D eigenvalue weighted by molar-refractivity contribution is 8.93. The minimum absolute atomic E-state index is 0. The molecule has 0 radical (unpaired) electrons. The van der Waals surface area contributed by atoms with E-state index in [1.807, 2.05) is 24.4 Å². The van der Waals surface area contributed by atoms with Crippen molar-refractivity contribution in [2.24, 2.45) is 5.73 Å². The third kappa shape index (κ3) is 3.44. The second-order valence-corrected chi connectivity index (χ2v) is 5.65. The number of carbonyl (C=O) groups is 1. The van der Waals surface area contributed by atoms with Crippen molar-refractivity contribution < 1.29 is 4.79 Å². The number of pyridine rings is 1. The second kappa shape index (κ2) is 8.26. The first-order valence-electron chi connectivity index (χ1n) is 8.11. The molecule has 2 heterocycles. The highest BCUT2D eigenvalue weighted by atomic mass is 79.9. The van der Waals surface area contributed by atoms with E-state index in [2.05, 4.69) is 33.9 Å². The number of rotatable bonds is 6. The van der Waals surface area contributed by atoms with E-state index in [4.69, 9.17) is 5.73 Å². The maximum atomic E-state index is 12.1. The van der Waals surface area contributed by atoms with E-state index in [1.54, 1.807) is 0 Å². The molecule has 3 aromatic rings. The summed E-state index contributed by atoms with van der Waals surface area (Å²) in [6, 6.07) is 10.2. The summed E-state index contributed by atoms with van der Waals surface area (Å²) in [5.74, 6) is -0.178. The van der Waals surface area contributed by atoms with Gasteiger partial charge in [0.1, 0.15) is 5.69 Å². The van der Waals surface area contributed by atoms with Gasteiger partial charge in [-0.3, -0.25) is 4.79 Å². The third-order valence-corrected chi connectivity index (χ3v) is 4.06. The first kappa shape index (κ1) is 18.4. The zero-order valence-electron chi connectivity index (χ0n) is 13.8. The smallest absolute Gasteiger partial charge is 0.269 e. The quantitative estimate of drug-likeness (QED) is 0.678. The number of benzene rings is 1. The van der Waals surface area contributed by atoms with Crippen molar-refractivity contribution in [3.8, 4) is 0 Å². The molecule has 0 fully saturated rings. The van der Waals surface area contributed by atoms with Gasteiger partial charge < -0.3 is 15.6 Å². The molecule has 3 rings (SSSR count). The lowest BCUT2D eigenvalue weighted by molar-refractivity contribution is 0.0950. The van der Waals surface area contributed by atoms with E-state index >= 15 is 0 Å². The van der Waals surface area contributed by atoms with Crippen LogP contribution in [-0.2, 0) is 6.54 Å². The van der Waals surface area contributed by atoms with Gasteiger partial charge in [0, 0.05) is 35.9 Å². The van der Waals surface area contributed by atoms with E-state index in [0.29, 0.717) is 18.8 Å². The van der Waals surface area contributed by atoms with Crippen molar-refractivity contribution in [2.75, 3.05) is 13.1 Å². The summed E-state index contributed by atoms with van der Waals surface area (Å²) in [7, 11) is 0. The maximum absolute atomic E-state index is 12.1. The lowest BCUT2D eigenvalue weighted by Crippen LogP contribution is -2.29. The van der Waals surface area contributed by atoms with Gasteiger partial charge in [0.2, 0.25) is 0 Å². The number of nitrogens with one attached hydrogen (secondary N) is 1. The van der Waals surface area contributed by atoms with Gasteiger partial charge >= 0.3 is 0 Å². The molecule has 6 heteroatoms. The number of carbonyl (C=O) groups excluding carboxylic acids is 1. The predicted molar refractivity (Wildman–Crippen MR) is 104 cm³/mol. The van der Waals surface area contributed by atoms with Crippen LogP contribution in [0.1, 0.15) is 30.3 Å². The third-order valence-electron chi connectivity index (χ3n) is 4.06. The van der Waals surface area contributed by atoms with Crippen molar-refractivity contribution in [3.05, 3.63) is 42.2 Å². The summed E-state index contributed by atoms with van der Waals surface area (Å²) in [6.07, 6.45) is 4.07. The van der Waals surface area contributed by atoms with E-state index < -0.39 is 0 Å². The van der Waals surface area contributed by atoms with Crippen LogP contribution in [0.2, 0.25) is 0 Å². The molecule has 1 amide bonds. The molecule has 0 aliphatic carbocycles. The van der Waals surface area contributed by atoms with Gasteiger partial charge in [-0.05, 0) is 18.6 Å². The molecule has 5 nitrogen and oxygen atoms in total. The van der Waals surface area contributed by atoms with Crippen LogP contribution < -0.4 is 11.1 Å². The van der Waals surface area contributed by atoms with Gasteiger partial charge in [-0.2, -0.15) is 0 Å². The minimum Gasteiger partial charge on any atom is -0.349 e. The lowest BCUT2D eigenvalue weighted by atomic mass is 10.1. The number of amides is 1. The normalized spacial score (nSPS) is 10.8. The van der Waals surface area contributed by atoms with Gasteiger partial charge in [-0.1, -0.05) is 31.5 Å². The number of nitrogens with two attached hydrogens (primary N) is 1. The topological polar surface area (TPSA) is 72.9 Å². The van der Waals surface area contributed by atoms with Crippen LogP contribution >= 0.6 is 17.0 Å². The number of hydrogen-bond acceptors (Lipinski definition) is 3. The molecule has 0 saturated carbocycles. The molecule has 0 saturated heterocycles. The summed E-state index contributed by atoms with van der Waals surface area (Å²) in [5, 5.41) is 5.00. The molecule has 24 heavy (non-hydrogen) atoms. The molecule has 0 spiro atoms. The summed E-state index contributed by atoms with van der Waals surface area (Å²) < 4.78 is 2.29. The summed E-state index contributed by atoms with van der Waals surface area (Å²) >= 11 is 0. The van der Waals surface area contributed by atoms with Gasteiger partial charge in [0.05, 0.1) is 11.7 Å². The van der Waals surface area contributed by atoms with Gasteiger partial charge in [0.25, 0.3) is 5.91 Å². The average Bonchev–Trinajstić information content (AvgIpc) is 2.91.